The first-order valence-corrected chi connectivity index (χ1v) is 9.62. The van der Waals surface area contributed by atoms with Gasteiger partial charge in [0.15, 0.2) is 0 Å². The SMILES string of the molecule is CC(Cc1ccsc1)NC(=O)C(C(C)C)N1C(=O)c2ccccc2C1=O. The van der Waals surface area contributed by atoms with Gasteiger partial charge >= 0.3 is 0 Å². The predicted octanol–water partition coefficient (Wildman–Crippen LogP) is 3.12. The summed E-state index contributed by atoms with van der Waals surface area (Å²) >= 11 is 1.62. The Kier molecular flexibility index (Phi) is 5.23. The van der Waals surface area contributed by atoms with Crippen molar-refractivity contribution in [2.75, 3.05) is 0 Å². The van der Waals surface area contributed by atoms with E-state index in [-0.39, 0.29) is 17.9 Å². The van der Waals surface area contributed by atoms with Crippen molar-refractivity contribution in [3.8, 4) is 0 Å². The largest absolute Gasteiger partial charge is 0.352 e. The van der Waals surface area contributed by atoms with E-state index in [1.165, 1.54) is 0 Å². The highest BCUT2D eigenvalue weighted by Crippen LogP contribution is 2.27. The number of thiophene rings is 1. The number of hydrogen-bond acceptors (Lipinski definition) is 4. The molecule has 0 fully saturated rings. The summed E-state index contributed by atoms with van der Waals surface area (Å²) in [7, 11) is 0. The van der Waals surface area contributed by atoms with Gasteiger partial charge in [-0.25, -0.2) is 0 Å². The lowest BCUT2D eigenvalue weighted by Gasteiger charge is -2.29. The highest BCUT2D eigenvalue weighted by molar-refractivity contribution is 7.07. The lowest BCUT2D eigenvalue weighted by Crippen LogP contribution is -2.54. The zero-order valence-electron chi connectivity index (χ0n) is 15.1. The fourth-order valence-electron chi connectivity index (χ4n) is 3.32. The average molecular weight is 370 g/mol. The molecule has 1 aliphatic heterocycles. The van der Waals surface area contributed by atoms with Gasteiger partial charge in [-0.15, -0.1) is 0 Å². The standard InChI is InChI=1S/C20H22N2O3S/c1-12(2)17(18(23)21-13(3)10-14-8-9-26-11-14)22-19(24)15-6-4-5-7-16(15)20(22)25/h4-9,11-13,17H,10H2,1-3H3,(H,21,23). The molecule has 26 heavy (non-hydrogen) atoms. The molecule has 1 aromatic heterocycles. The molecule has 3 amide bonds. The summed E-state index contributed by atoms with van der Waals surface area (Å²) in [5.41, 5.74) is 1.88. The number of rotatable bonds is 6. The van der Waals surface area contributed by atoms with Crippen LogP contribution in [0.4, 0.5) is 0 Å². The normalized spacial score (nSPS) is 15.9. The summed E-state index contributed by atoms with van der Waals surface area (Å²) < 4.78 is 0. The molecule has 0 bridgehead atoms. The molecule has 2 aromatic rings. The number of nitrogens with one attached hydrogen (secondary N) is 1. The molecule has 1 aliphatic rings. The summed E-state index contributed by atoms with van der Waals surface area (Å²) in [5.74, 6) is -1.28. The third-order valence-corrected chi connectivity index (χ3v) is 5.25. The highest BCUT2D eigenvalue weighted by atomic mass is 32.1. The van der Waals surface area contributed by atoms with Gasteiger partial charge in [0.2, 0.25) is 5.91 Å². The van der Waals surface area contributed by atoms with Crippen molar-refractivity contribution in [3.63, 3.8) is 0 Å². The number of benzene rings is 1. The van der Waals surface area contributed by atoms with Crippen LogP contribution in [0, 0.1) is 5.92 Å². The van der Waals surface area contributed by atoms with Crippen molar-refractivity contribution >= 4 is 29.1 Å². The number of fused-ring (bicyclic) bond motifs is 1. The van der Waals surface area contributed by atoms with Gasteiger partial charge in [-0.05, 0) is 53.8 Å². The molecule has 2 heterocycles. The second kappa shape index (κ2) is 7.41. The minimum Gasteiger partial charge on any atom is -0.352 e. The van der Waals surface area contributed by atoms with Gasteiger partial charge in [-0.2, -0.15) is 11.3 Å². The monoisotopic (exact) mass is 370 g/mol. The van der Waals surface area contributed by atoms with Crippen molar-refractivity contribution in [1.82, 2.24) is 10.2 Å². The van der Waals surface area contributed by atoms with Crippen LogP contribution in [0.1, 0.15) is 47.1 Å². The summed E-state index contributed by atoms with van der Waals surface area (Å²) in [6, 6.07) is 7.81. The summed E-state index contributed by atoms with van der Waals surface area (Å²) in [5, 5.41) is 7.01. The molecule has 1 aromatic carbocycles. The molecular weight excluding hydrogens is 348 g/mol. The lowest BCUT2D eigenvalue weighted by molar-refractivity contribution is -0.126. The minimum absolute atomic E-state index is 0.0893. The number of amides is 3. The van der Waals surface area contributed by atoms with Crippen LogP contribution in [0.15, 0.2) is 41.1 Å². The molecule has 0 aliphatic carbocycles. The Morgan fingerprint density at radius 2 is 1.69 bits per heavy atom. The summed E-state index contributed by atoms with van der Waals surface area (Å²) in [4.78, 5) is 39.5. The molecule has 0 saturated carbocycles. The second-order valence-electron chi connectivity index (χ2n) is 6.96. The second-order valence-corrected chi connectivity index (χ2v) is 7.74. The number of carbonyl (C=O) groups excluding carboxylic acids is 3. The molecule has 0 spiro atoms. The minimum atomic E-state index is -0.827. The van der Waals surface area contributed by atoms with Gasteiger partial charge in [0.25, 0.3) is 11.8 Å². The Morgan fingerprint density at radius 3 is 2.19 bits per heavy atom. The van der Waals surface area contributed by atoms with Gasteiger partial charge in [-0.1, -0.05) is 26.0 Å². The molecule has 5 nitrogen and oxygen atoms in total. The fraction of sp³-hybridized carbons (Fsp3) is 0.350. The molecule has 136 valence electrons. The van der Waals surface area contributed by atoms with E-state index in [4.69, 9.17) is 0 Å². The van der Waals surface area contributed by atoms with Crippen molar-refractivity contribution < 1.29 is 14.4 Å². The molecule has 2 unspecified atom stereocenters. The van der Waals surface area contributed by atoms with Crippen LogP contribution in [0.25, 0.3) is 0 Å². The smallest absolute Gasteiger partial charge is 0.262 e. The lowest BCUT2D eigenvalue weighted by atomic mass is 10.0. The van der Waals surface area contributed by atoms with Gasteiger partial charge in [-0.3, -0.25) is 19.3 Å². The van der Waals surface area contributed by atoms with Crippen molar-refractivity contribution in [2.45, 2.75) is 39.3 Å². The van der Waals surface area contributed by atoms with Crippen LogP contribution in [0.3, 0.4) is 0 Å². The number of imide groups is 1. The predicted molar refractivity (Wildman–Crippen MR) is 101 cm³/mol. The summed E-state index contributed by atoms with van der Waals surface area (Å²) in [6.45, 7) is 5.62. The molecule has 1 N–H and O–H groups in total. The third kappa shape index (κ3) is 3.42. The van der Waals surface area contributed by atoms with Crippen molar-refractivity contribution in [2.24, 2.45) is 5.92 Å². The van der Waals surface area contributed by atoms with E-state index < -0.39 is 17.9 Å². The zero-order valence-corrected chi connectivity index (χ0v) is 15.9. The van der Waals surface area contributed by atoms with E-state index in [0.717, 1.165) is 10.5 Å². The summed E-state index contributed by atoms with van der Waals surface area (Å²) in [6.07, 6.45) is 0.710. The Hall–Kier alpha value is -2.47. The quantitative estimate of drug-likeness (QED) is 0.795. The van der Waals surface area contributed by atoms with Crippen LogP contribution in [0.5, 0.6) is 0 Å². The van der Waals surface area contributed by atoms with E-state index in [1.807, 2.05) is 37.6 Å². The van der Waals surface area contributed by atoms with Crippen LogP contribution >= 0.6 is 11.3 Å². The molecule has 3 rings (SSSR count). The molecule has 2 atom stereocenters. The van der Waals surface area contributed by atoms with Crippen LogP contribution < -0.4 is 5.32 Å². The maximum Gasteiger partial charge on any atom is 0.262 e. The fourth-order valence-corrected chi connectivity index (χ4v) is 4.00. The zero-order chi connectivity index (χ0) is 18.8. The first-order valence-electron chi connectivity index (χ1n) is 8.68. The van der Waals surface area contributed by atoms with Gasteiger partial charge < -0.3 is 5.32 Å². The third-order valence-electron chi connectivity index (χ3n) is 4.51. The first-order chi connectivity index (χ1) is 12.4. The number of hydrogen-bond donors (Lipinski definition) is 1. The molecular formula is C20H22N2O3S. The van der Waals surface area contributed by atoms with E-state index in [0.29, 0.717) is 17.5 Å². The Balaban J connectivity index is 1.78. The Bertz CT molecular complexity index is 794. The average Bonchev–Trinajstić information content (AvgIpc) is 3.17. The van der Waals surface area contributed by atoms with Crippen molar-refractivity contribution in [1.29, 1.82) is 0 Å². The van der Waals surface area contributed by atoms with Crippen molar-refractivity contribution in [3.05, 3.63) is 57.8 Å². The van der Waals surface area contributed by atoms with Gasteiger partial charge in [0, 0.05) is 6.04 Å². The van der Waals surface area contributed by atoms with Gasteiger partial charge in [0.1, 0.15) is 6.04 Å². The number of carbonyl (C=O) groups is 3. The maximum absolute atomic E-state index is 12.9. The van der Waals surface area contributed by atoms with E-state index >= 15 is 0 Å². The number of nitrogens with zero attached hydrogens (tertiary/aromatic N) is 1. The topological polar surface area (TPSA) is 66.5 Å². The first kappa shape index (κ1) is 18.3. The van der Waals surface area contributed by atoms with Crippen LogP contribution in [-0.4, -0.2) is 34.7 Å². The highest BCUT2D eigenvalue weighted by Gasteiger charge is 2.43. The molecule has 6 heteroatoms. The van der Waals surface area contributed by atoms with E-state index in [1.54, 1.807) is 35.6 Å². The molecule has 0 saturated heterocycles. The molecule has 0 radical (unpaired) electrons. The van der Waals surface area contributed by atoms with Crippen LogP contribution in [-0.2, 0) is 11.2 Å². The Labute approximate surface area is 157 Å². The Morgan fingerprint density at radius 1 is 1.08 bits per heavy atom. The van der Waals surface area contributed by atoms with E-state index in [2.05, 4.69) is 5.32 Å². The van der Waals surface area contributed by atoms with Gasteiger partial charge in [0.05, 0.1) is 11.1 Å². The van der Waals surface area contributed by atoms with Crippen LogP contribution in [0.2, 0.25) is 0 Å². The maximum atomic E-state index is 12.9. The van der Waals surface area contributed by atoms with E-state index in [9.17, 15) is 14.4 Å².